The first-order valence-electron chi connectivity index (χ1n) is 7.90. The predicted molar refractivity (Wildman–Crippen MR) is 86.5 cm³/mol. The van der Waals surface area contributed by atoms with Crippen molar-refractivity contribution in [1.82, 2.24) is 4.90 Å². The molecule has 2 heterocycles. The van der Waals surface area contributed by atoms with Crippen molar-refractivity contribution in [2.75, 3.05) is 18.1 Å². The average Bonchev–Trinajstić information content (AvgIpc) is 2.91. The smallest absolute Gasteiger partial charge is 0.413 e. The number of hydrogen-bond acceptors (Lipinski definition) is 6. The van der Waals surface area contributed by atoms with Crippen molar-refractivity contribution < 1.29 is 32.6 Å². The third-order valence-corrected chi connectivity index (χ3v) is 6.22. The van der Waals surface area contributed by atoms with Crippen LogP contribution < -0.4 is 0 Å². The summed E-state index contributed by atoms with van der Waals surface area (Å²) in [6.07, 6.45) is -0.320. The lowest BCUT2D eigenvalue weighted by molar-refractivity contribution is -0.143. The van der Waals surface area contributed by atoms with Gasteiger partial charge in [0.1, 0.15) is 6.61 Å². The first-order valence-corrected chi connectivity index (χ1v) is 9.72. The van der Waals surface area contributed by atoms with Crippen LogP contribution in [0.5, 0.6) is 0 Å². The molecule has 2 unspecified atom stereocenters. The maximum atomic E-state index is 12.6. The minimum Gasteiger partial charge on any atom is -0.480 e. The van der Waals surface area contributed by atoms with Crippen LogP contribution in [-0.2, 0) is 30.7 Å². The molecule has 25 heavy (non-hydrogen) atoms. The van der Waals surface area contributed by atoms with Gasteiger partial charge in [0.2, 0.25) is 0 Å². The molecule has 1 aromatic carbocycles. The largest absolute Gasteiger partial charge is 0.480 e. The number of carboxylic acid groups (broad SMARTS) is 1. The minimum absolute atomic E-state index is 0.00273. The summed E-state index contributed by atoms with van der Waals surface area (Å²) in [5.74, 6) is -1.66. The third-order valence-electron chi connectivity index (χ3n) is 4.42. The van der Waals surface area contributed by atoms with E-state index < -0.39 is 39.4 Å². The van der Waals surface area contributed by atoms with Gasteiger partial charge in [-0.25, -0.2) is 18.0 Å². The van der Waals surface area contributed by atoms with Gasteiger partial charge in [0.05, 0.1) is 18.1 Å². The molecule has 0 aromatic heterocycles. The van der Waals surface area contributed by atoms with E-state index in [1.807, 2.05) is 6.07 Å². The summed E-state index contributed by atoms with van der Waals surface area (Å²) in [5.41, 5.74) is -0.721. The molecule has 1 amide bonds. The second kappa shape index (κ2) is 6.64. The maximum Gasteiger partial charge on any atom is 0.413 e. The second-order valence-electron chi connectivity index (χ2n) is 6.22. The summed E-state index contributed by atoms with van der Waals surface area (Å²) < 4.78 is 34.8. The number of carbonyl (C=O) groups excluding carboxylic acids is 1. The first-order chi connectivity index (χ1) is 11.8. The highest BCUT2D eigenvalue weighted by atomic mass is 32.2. The Kier molecular flexibility index (Phi) is 4.70. The van der Waals surface area contributed by atoms with Crippen LogP contribution >= 0.6 is 0 Å². The van der Waals surface area contributed by atoms with Crippen molar-refractivity contribution in [3.8, 4) is 0 Å². The standard InChI is InChI=1S/C16H19NO7S/c18-14(19)13-10-24-16(7-4-8-25(21,22)11-16)17(13)15(20)23-9-12-5-2-1-3-6-12/h1-3,5-6,13H,4,7-11H2,(H,18,19). The van der Waals surface area contributed by atoms with E-state index in [9.17, 15) is 23.1 Å². The lowest BCUT2D eigenvalue weighted by Gasteiger charge is -2.39. The molecular weight excluding hydrogens is 350 g/mol. The van der Waals surface area contributed by atoms with E-state index in [0.29, 0.717) is 6.42 Å². The Bertz CT molecular complexity index is 764. The topological polar surface area (TPSA) is 110 Å². The number of sulfone groups is 1. The highest BCUT2D eigenvalue weighted by Gasteiger charge is 2.56. The fourth-order valence-corrected chi connectivity index (χ4v) is 5.07. The Labute approximate surface area is 145 Å². The summed E-state index contributed by atoms with van der Waals surface area (Å²) in [4.78, 5) is 25.0. The Hall–Kier alpha value is -2.13. The summed E-state index contributed by atoms with van der Waals surface area (Å²) in [6, 6.07) is 7.67. The Morgan fingerprint density at radius 3 is 2.68 bits per heavy atom. The van der Waals surface area contributed by atoms with Crippen LogP contribution in [0.15, 0.2) is 30.3 Å². The molecule has 136 valence electrons. The maximum absolute atomic E-state index is 12.6. The van der Waals surface area contributed by atoms with Gasteiger partial charge >= 0.3 is 12.1 Å². The molecule has 3 rings (SSSR count). The molecule has 2 atom stereocenters. The van der Waals surface area contributed by atoms with Gasteiger partial charge in [-0.2, -0.15) is 0 Å². The molecule has 0 aliphatic carbocycles. The SMILES string of the molecule is O=C(O)C1COC2(CCCS(=O)(=O)C2)N1C(=O)OCc1ccccc1. The van der Waals surface area contributed by atoms with E-state index in [1.165, 1.54) is 0 Å². The molecule has 1 spiro atoms. The fourth-order valence-electron chi connectivity index (χ4n) is 3.29. The normalized spacial score (nSPS) is 28.0. The Morgan fingerprint density at radius 1 is 1.32 bits per heavy atom. The van der Waals surface area contributed by atoms with E-state index in [2.05, 4.69) is 0 Å². The predicted octanol–water partition coefficient (Wildman–Crippen LogP) is 1.01. The van der Waals surface area contributed by atoms with Crippen LogP contribution in [0.1, 0.15) is 18.4 Å². The highest BCUT2D eigenvalue weighted by Crippen LogP contribution is 2.37. The number of rotatable bonds is 3. The molecular formula is C16H19NO7S. The first kappa shape index (κ1) is 17.7. The average molecular weight is 369 g/mol. The Balaban J connectivity index is 1.82. The quantitative estimate of drug-likeness (QED) is 0.847. The summed E-state index contributed by atoms with van der Waals surface area (Å²) >= 11 is 0. The van der Waals surface area contributed by atoms with E-state index in [1.54, 1.807) is 24.3 Å². The number of hydrogen-bond donors (Lipinski definition) is 1. The Morgan fingerprint density at radius 2 is 2.04 bits per heavy atom. The van der Waals surface area contributed by atoms with Crippen LogP contribution in [0.4, 0.5) is 4.79 Å². The molecule has 8 nitrogen and oxygen atoms in total. The molecule has 1 N–H and O–H groups in total. The molecule has 0 saturated carbocycles. The fraction of sp³-hybridized carbons (Fsp3) is 0.500. The van der Waals surface area contributed by atoms with E-state index in [4.69, 9.17) is 9.47 Å². The van der Waals surface area contributed by atoms with Gasteiger partial charge in [0, 0.05) is 0 Å². The number of aliphatic carboxylic acids is 1. The van der Waals surface area contributed by atoms with Gasteiger partial charge in [0.25, 0.3) is 0 Å². The zero-order valence-electron chi connectivity index (χ0n) is 13.5. The molecule has 1 aromatic rings. The summed E-state index contributed by atoms with van der Waals surface area (Å²) in [7, 11) is -3.42. The zero-order valence-corrected chi connectivity index (χ0v) is 14.3. The van der Waals surface area contributed by atoms with Crippen molar-refractivity contribution in [3.05, 3.63) is 35.9 Å². The zero-order chi connectivity index (χ0) is 18.1. The van der Waals surface area contributed by atoms with Crippen LogP contribution in [0.3, 0.4) is 0 Å². The van der Waals surface area contributed by atoms with E-state index >= 15 is 0 Å². The van der Waals surface area contributed by atoms with Gasteiger partial charge in [-0.1, -0.05) is 30.3 Å². The van der Waals surface area contributed by atoms with Crippen molar-refractivity contribution in [1.29, 1.82) is 0 Å². The second-order valence-corrected chi connectivity index (χ2v) is 8.40. The monoisotopic (exact) mass is 369 g/mol. The molecule has 9 heteroatoms. The molecule has 2 fully saturated rings. The van der Waals surface area contributed by atoms with Crippen molar-refractivity contribution in [2.45, 2.75) is 31.2 Å². The van der Waals surface area contributed by atoms with E-state index in [-0.39, 0.29) is 25.4 Å². The van der Waals surface area contributed by atoms with Crippen LogP contribution in [0, 0.1) is 0 Å². The van der Waals surface area contributed by atoms with Crippen LogP contribution in [-0.4, -0.2) is 60.4 Å². The highest BCUT2D eigenvalue weighted by molar-refractivity contribution is 7.91. The molecule has 0 radical (unpaired) electrons. The number of ether oxygens (including phenoxy) is 2. The third kappa shape index (κ3) is 3.62. The molecule has 2 saturated heterocycles. The van der Waals surface area contributed by atoms with Gasteiger partial charge in [-0.15, -0.1) is 0 Å². The number of carbonyl (C=O) groups is 2. The van der Waals surface area contributed by atoms with Gasteiger partial charge in [0.15, 0.2) is 21.6 Å². The lowest BCUT2D eigenvalue weighted by atomic mass is 10.1. The van der Waals surface area contributed by atoms with E-state index in [0.717, 1.165) is 10.5 Å². The van der Waals surface area contributed by atoms with Crippen LogP contribution in [0.2, 0.25) is 0 Å². The van der Waals surface area contributed by atoms with Crippen molar-refractivity contribution >= 4 is 21.9 Å². The summed E-state index contributed by atoms with van der Waals surface area (Å²) in [6.45, 7) is -0.295. The molecule has 2 aliphatic rings. The van der Waals surface area contributed by atoms with Gasteiger partial charge < -0.3 is 14.6 Å². The van der Waals surface area contributed by atoms with Crippen molar-refractivity contribution in [3.63, 3.8) is 0 Å². The number of benzene rings is 1. The lowest BCUT2D eigenvalue weighted by Crippen LogP contribution is -2.58. The van der Waals surface area contributed by atoms with Crippen LogP contribution in [0.25, 0.3) is 0 Å². The number of carboxylic acids is 1. The molecule has 2 aliphatic heterocycles. The van der Waals surface area contributed by atoms with Gasteiger partial charge in [-0.3, -0.25) is 4.90 Å². The minimum atomic E-state index is -3.42. The van der Waals surface area contributed by atoms with Crippen molar-refractivity contribution in [2.24, 2.45) is 0 Å². The number of nitrogens with zero attached hydrogens (tertiary/aromatic N) is 1. The van der Waals surface area contributed by atoms with Gasteiger partial charge in [-0.05, 0) is 18.4 Å². The molecule has 0 bridgehead atoms. The summed E-state index contributed by atoms with van der Waals surface area (Å²) in [5, 5.41) is 9.38. The number of amides is 1.